The SMILES string of the molecule is CCCCOCCNCc1c(Cl)c(C)nn1CC. The van der Waals surface area contributed by atoms with Gasteiger partial charge in [0.2, 0.25) is 0 Å². The van der Waals surface area contributed by atoms with Crippen LogP contribution < -0.4 is 5.32 Å². The van der Waals surface area contributed by atoms with Gasteiger partial charge in [-0.25, -0.2) is 0 Å². The third kappa shape index (κ3) is 4.59. The van der Waals surface area contributed by atoms with Crippen LogP contribution in [0.4, 0.5) is 0 Å². The summed E-state index contributed by atoms with van der Waals surface area (Å²) in [6.45, 7) is 10.2. The number of halogens is 1. The molecule has 4 nitrogen and oxygen atoms in total. The van der Waals surface area contributed by atoms with Crippen molar-refractivity contribution in [3.05, 3.63) is 16.4 Å². The van der Waals surface area contributed by atoms with Crippen molar-refractivity contribution in [1.29, 1.82) is 0 Å². The van der Waals surface area contributed by atoms with E-state index in [1.807, 2.05) is 11.6 Å². The summed E-state index contributed by atoms with van der Waals surface area (Å²) in [6, 6.07) is 0. The average Bonchev–Trinajstić information content (AvgIpc) is 2.65. The summed E-state index contributed by atoms with van der Waals surface area (Å²) in [6.07, 6.45) is 2.31. The Balaban J connectivity index is 2.26. The van der Waals surface area contributed by atoms with Gasteiger partial charge in [-0.15, -0.1) is 0 Å². The van der Waals surface area contributed by atoms with Crippen molar-refractivity contribution in [3.8, 4) is 0 Å². The Labute approximate surface area is 115 Å². The number of aryl methyl sites for hydroxylation is 2. The Kier molecular flexibility index (Phi) is 7.32. The molecule has 1 rings (SSSR count). The molecule has 0 fully saturated rings. The van der Waals surface area contributed by atoms with Gasteiger partial charge < -0.3 is 10.1 Å². The maximum atomic E-state index is 6.22. The highest BCUT2D eigenvalue weighted by Gasteiger charge is 2.11. The molecule has 1 N–H and O–H groups in total. The molecule has 1 aromatic rings. The molecule has 1 heterocycles. The minimum atomic E-state index is 0.741. The standard InChI is InChI=1S/C13H24ClN3O/c1-4-6-8-18-9-7-15-10-12-13(14)11(3)16-17(12)5-2/h15H,4-10H2,1-3H3. The highest BCUT2D eigenvalue weighted by atomic mass is 35.5. The lowest BCUT2D eigenvalue weighted by Crippen LogP contribution is -2.21. The largest absolute Gasteiger partial charge is 0.380 e. The fraction of sp³-hybridized carbons (Fsp3) is 0.769. The first kappa shape index (κ1) is 15.5. The first-order chi connectivity index (χ1) is 8.70. The number of hydrogen-bond donors (Lipinski definition) is 1. The van der Waals surface area contributed by atoms with Crippen LogP contribution in [0.1, 0.15) is 38.1 Å². The molecule has 0 amide bonds. The molecule has 0 bridgehead atoms. The second kappa shape index (κ2) is 8.51. The van der Waals surface area contributed by atoms with E-state index in [1.54, 1.807) is 0 Å². The van der Waals surface area contributed by atoms with Crippen molar-refractivity contribution >= 4 is 11.6 Å². The fourth-order valence-corrected chi connectivity index (χ4v) is 1.94. The van der Waals surface area contributed by atoms with Gasteiger partial charge in [-0.05, 0) is 20.3 Å². The van der Waals surface area contributed by atoms with Crippen molar-refractivity contribution < 1.29 is 4.74 Å². The zero-order valence-corrected chi connectivity index (χ0v) is 12.4. The van der Waals surface area contributed by atoms with E-state index in [9.17, 15) is 0 Å². The van der Waals surface area contributed by atoms with Gasteiger partial charge in [0, 0.05) is 26.2 Å². The normalized spacial score (nSPS) is 11.1. The van der Waals surface area contributed by atoms with E-state index in [4.69, 9.17) is 16.3 Å². The molecule has 0 aliphatic carbocycles. The zero-order chi connectivity index (χ0) is 13.4. The van der Waals surface area contributed by atoms with E-state index in [-0.39, 0.29) is 0 Å². The number of nitrogens with zero attached hydrogens (tertiary/aromatic N) is 2. The van der Waals surface area contributed by atoms with Gasteiger partial charge in [-0.2, -0.15) is 5.10 Å². The molecule has 18 heavy (non-hydrogen) atoms. The summed E-state index contributed by atoms with van der Waals surface area (Å²) in [5.74, 6) is 0. The van der Waals surface area contributed by atoms with Gasteiger partial charge in [0.15, 0.2) is 0 Å². The van der Waals surface area contributed by atoms with Crippen molar-refractivity contribution in [1.82, 2.24) is 15.1 Å². The Morgan fingerprint density at radius 3 is 2.78 bits per heavy atom. The number of ether oxygens (including phenoxy) is 1. The highest BCUT2D eigenvalue weighted by molar-refractivity contribution is 6.31. The van der Waals surface area contributed by atoms with Crippen LogP contribution >= 0.6 is 11.6 Å². The Hall–Kier alpha value is -0.580. The van der Waals surface area contributed by atoms with Crippen molar-refractivity contribution in [2.75, 3.05) is 19.8 Å². The molecule has 104 valence electrons. The molecule has 0 radical (unpaired) electrons. The van der Waals surface area contributed by atoms with Gasteiger partial charge >= 0.3 is 0 Å². The molecule has 0 spiro atoms. The van der Waals surface area contributed by atoms with E-state index < -0.39 is 0 Å². The Morgan fingerprint density at radius 1 is 1.33 bits per heavy atom. The van der Waals surface area contributed by atoms with Gasteiger partial charge in [-0.3, -0.25) is 4.68 Å². The third-order valence-electron chi connectivity index (χ3n) is 2.81. The van der Waals surface area contributed by atoms with Crippen LogP contribution in [0.5, 0.6) is 0 Å². The van der Waals surface area contributed by atoms with Gasteiger partial charge in [0.1, 0.15) is 0 Å². The Morgan fingerprint density at radius 2 is 2.11 bits per heavy atom. The second-order valence-corrected chi connectivity index (χ2v) is 4.68. The summed E-state index contributed by atoms with van der Waals surface area (Å²) in [7, 11) is 0. The van der Waals surface area contributed by atoms with Gasteiger partial charge in [-0.1, -0.05) is 24.9 Å². The molecular weight excluding hydrogens is 250 g/mol. The topological polar surface area (TPSA) is 39.1 Å². The number of aromatic nitrogens is 2. The monoisotopic (exact) mass is 273 g/mol. The number of hydrogen-bond acceptors (Lipinski definition) is 3. The van der Waals surface area contributed by atoms with E-state index in [1.165, 1.54) is 6.42 Å². The van der Waals surface area contributed by atoms with Crippen LogP contribution in [-0.2, 0) is 17.8 Å². The lowest BCUT2D eigenvalue weighted by molar-refractivity contribution is 0.132. The molecule has 0 aliphatic rings. The zero-order valence-electron chi connectivity index (χ0n) is 11.6. The highest BCUT2D eigenvalue weighted by Crippen LogP contribution is 2.19. The van der Waals surface area contributed by atoms with E-state index in [0.29, 0.717) is 0 Å². The summed E-state index contributed by atoms with van der Waals surface area (Å²) < 4.78 is 7.43. The lowest BCUT2D eigenvalue weighted by Gasteiger charge is -2.08. The van der Waals surface area contributed by atoms with Crippen LogP contribution in [0.3, 0.4) is 0 Å². The van der Waals surface area contributed by atoms with Crippen LogP contribution in [0, 0.1) is 6.92 Å². The minimum Gasteiger partial charge on any atom is -0.380 e. The quantitative estimate of drug-likeness (QED) is 0.703. The van der Waals surface area contributed by atoms with Crippen LogP contribution in [0.15, 0.2) is 0 Å². The van der Waals surface area contributed by atoms with Crippen molar-refractivity contribution in [2.45, 2.75) is 46.7 Å². The lowest BCUT2D eigenvalue weighted by atomic mass is 10.3. The molecule has 0 aromatic carbocycles. The maximum Gasteiger partial charge on any atom is 0.0860 e. The number of nitrogens with one attached hydrogen (secondary N) is 1. The molecule has 0 unspecified atom stereocenters. The minimum absolute atomic E-state index is 0.741. The molecule has 0 aliphatic heterocycles. The fourth-order valence-electron chi connectivity index (χ4n) is 1.74. The van der Waals surface area contributed by atoms with E-state index >= 15 is 0 Å². The van der Waals surface area contributed by atoms with Crippen molar-refractivity contribution in [2.24, 2.45) is 0 Å². The number of rotatable bonds is 9. The predicted octanol–water partition coefficient (Wildman–Crippen LogP) is 2.77. The third-order valence-corrected chi connectivity index (χ3v) is 3.30. The molecule has 1 aromatic heterocycles. The molecule has 0 saturated heterocycles. The van der Waals surface area contributed by atoms with E-state index in [2.05, 4.69) is 24.3 Å². The summed E-state index contributed by atoms with van der Waals surface area (Å²) in [5, 5.41) is 8.49. The van der Waals surface area contributed by atoms with Crippen LogP contribution in [0.25, 0.3) is 0 Å². The van der Waals surface area contributed by atoms with Crippen LogP contribution in [0.2, 0.25) is 5.02 Å². The summed E-state index contributed by atoms with van der Waals surface area (Å²) in [4.78, 5) is 0. The van der Waals surface area contributed by atoms with Crippen LogP contribution in [-0.4, -0.2) is 29.5 Å². The molecule has 0 atom stereocenters. The summed E-state index contributed by atoms with van der Waals surface area (Å²) in [5.41, 5.74) is 1.96. The molecule has 5 heteroatoms. The van der Waals surface area contributed by atoms with Gasteiger partial charge in [0.05, 0.1) is 23.0 Å². The first-order valence-electron chi connectivity index (χ1n) is 6.70. The van der Waals surface area contributed by atoms with E-state index in [0.717, 1.165) is 55.7 Å². The predicted molar refractivity (Wildman–Crippen MR) is 75.1 cm³/mol. The molecule has 0 saturated carbocycles. The Bertz CT molecular complexity index is 352. The van der Waals surface area contributed by atoms with Crippen molar-refractivity contribution in [3.63, 3.8) is 0 Å². The number of unbranched alkanes of at least 4 members (excludes halogenated alkanes) is 1. The molecular formula is C13H24ClN3O. The smallest absolute Gasteiger partial charge is 0.0860 e. The average molecular weight is 274 g/mol. The first-order valence-corrected chi connectivity index (χ1v) is 7.08. The maximum absolute atomic E-state index is 6.22. The van der Waals surface area contributed by atoms with Gasteiger partial charge in [0.25, 0.3) is 0 Å². The summed E-state index contributed by atoms with van der Waals surface area (Å²) >= 11 is 6.22. The second-order valence-electron chi connectivity index (χ2n) is 4.30.